The fraction of sp³-hybridized carbons (Fsp3) is 0.391. The third-order valence-electron chi connectivity index (χ3n) is 4.64. The average molecular weight is 431 g/mol. The second-order valence-corrected chi connectivity index (χ2v) is 9.15. The summed E-state index contributed by atoms with van der Waals surface area (Å²) in [5, 5.41) is 0.912. The van der Waals surface area contributed by atoms with Crippen molar-refractivity contribution in [2.45, 2.75) is 43.8 Å². The molecule has 27 heavy (non-hydrogen) atoms. The summed E-state index contributed by atoms with van der Waals surface area (Å²) in [5.41, 5.74) is 1.20. The predicted octanol–water partition coefficient (Wildman–Crippen LogP) is 3.97. The fourth-order valence-corrected chi connectivity index (χ4v) is 4.84. The standard InChI is InChI=1S/C23H28O3Se/c1-3-20-14-22(18(2)15-24-16-19-10-6-4-7-11-19)26-23(25-20)17-27-21-12-8-5-9-13-21/h3-13,18,20,22-23H,1,14-17H2,2H3/t18-,20-,22+,23?/m1/s1. The Hall–Kier alpha value is -1.42. The van der Waals surface area contributed by atoms with Gasteiger partial charge in [0.1, 0.15) is 0 Å². The second-order valence-electron chi connectivity index (χ2n) is 6.85. The van der Waals surface area contributed by atoms with Crippen LogP contribution in [0.5, 0.6) is 0 Å². The van der Waals surface area contributed by atoms with E-state index in [1.54, 1.807) is 0 Å². The molecule has 2 aromatic carbocycles. The van der Waals surface area contributed by atoms with E-state index in [2.05, 4.69) is 49.9 Å². The van der Waals surface area contributed by atoms with Gasteiger partial charge in [-0.1, -0.05) is 0 Å². The Labute approximate surface area is 168 Å². The summed E-state index contributed by atoms with van der Waals surface area (Å²) in [6.07, 6.45) is 2.76. The Morgan fingerprint density at radius 1 is 1.11 bits per heavy atom. The predicted molar refractivity (Wildman–Crippen MR) is 110 cm³/mol. The summed E-state index contributed by atoms with van der Waals surface area (Å²) >= 11 is 0.340. The topological polar surface area (TPSA) is 27.7 Å². The van der Waals surface area contributed by atoms with Gasteiger partial charge < -0.3 is 0 Å². The molecule has 0 bridgehead atoms. The minimum absolute atomic E-state index is 0.0527. The van der Waals surface area contributed by atoms with Crippen LogP contribution in [0, 0.1) is 5.92 Å². The SMILES string of the molecule is C=C[C@@H]1C[C@@H]([C@H](C)COCc2ccccc2)OC(C[Se]c2ccccc2)O1. The van der Waals surface area contributed by atoms with E-state index in [1.165, 1.54) is 10.0 Å². The molecule has 1 fully saturated rings. The van der Waals surface area contributed by atoms with E-state index in [0.29, 0.717) is 34.1 Å². The molecule has 0 saturated carbocycles. The van der Waals surface area contributed by atoms with E-state index in [4.69, 9.17) is 14.2 Å². The van der Waals surface area contributed by atoms with E-state index in [0.717, 1.165) is 11.7 Å². The molecule has 1 aliphatic heterocycles. The zero-order valence-corrected chi connectivity index (χ0v) is 17.5. The molecule has 1 aliphatic rings. The van der Waals surface area contributed by atoms with Crippen LogP contribution in [0.3, 0.4) is 0 Å². The molecule has 2 aromatic rings. The van der Waals surface area contributed by atoms with E-state index in [-0.39, 0.29) is 18.5 Å². The van der Waals surface area contributed by atoms with Crippen molar-refractivity contribution in [3.8, 4) is 0 Å². The molecule has 4 atom stereocenters. The van der Waals surface area contributed by atoms with Crippen LogP contribution in [0.15, 0.2) is 73.3 Å². The molecule has 0 radical (unpaired) electrons. The Kier molecular flexibility index (Phi) is 8.12. The minimum atomic E-state index is -0.163. The molecule has 0 amide bonds. The molecule has 3 nitrogen and oxygen atoms in total. The third-order valence-corrected chi connectivity index (χ3v) is 6.83. The Morgan fingerprint density at radius 3 is 2.52 bits per heavy atom. The van der Waals surface area contributed by atoms with Gasteiger partial charge in [-0.25, -0.2) is 0 Å². The van der Waals surface area contributed by atoms with Crippen LogP contribution in [0.1, 0.15) is 18.9 Å². The maximum atomic E-state index is 6.27. The molecular weight excluding hydrogens is 403 g/mol. The fourth-order valence-electron chi connectivity index (χ4n) is 3.08. The maximum absolute atomic E-state index is 6.27. The van der Waals surface area contributed by atoms with Crippen LogP contribution in [-0.2, 0) is 20.8 Å². The van der Waals surface area contributed by atoms with Crippen LogP contribution < -0.4 is 4.46 Å². The van der Waals surface area contributed by atoms with Crippen LogP contribution in [-0.4, -0.2) is 40.1 Å². The van der Waals surface area contributed by atoms with Crippen molar-refractivity contribution in [3.63, 3.8) is 0 Å². The molecule has 0 N–H and O–H groups in total. The number of rotatable bonds is 9. The second kappa shape index (κ2) is 10.8. The van der Waals surface area contributed by atoms with Gasteiger partial charge in [-0.2, -0.15) is 0 Å². The number of benzene rings is 2. The van der Waals surface area contributed by atoms with Crippen molar-refractivity contribution in [1.29, 1.82) is 0 Å². The summed E-state index contributed by atoms with van der Waals surface area (Å²) in [4.78, 5) is 0. The van der Waals surface area contributed by atoms with Crippen molar-refractivity contribution in [1.82, 2.24) is 0 Å². The molecule has 1 saturated heterocycles. The van der Waals surface area contributed by atoms with Crippen molar-refractivity contribution >= 4 is 19.4 Å². The van der Waals surface area contributed by atoms with Gasteiger partial charge in [0.15, 0.2) is 0 Å². The van der Waals surface area contributed by atoms with Gasteiger partial charge >= 0.3 is 169 Å². The molecule has 0 spiro atoms. The van der Waals surface area contributed by atoms with Crippen LogP contribution in [0.25, 0.3) is 0 Å². The van der Waals surface area contributed by atoms with Gasteiger partial charge in [0.05, 0.1) is 0 Å². The normalized spacial score (nSPS) is 23.7. The van der Waals surface area contributed by atoms with Gasteiger partial charge in [-0.3, -0.25) is 0 Å². The van der Waals surface area contributed by atoms with Crippen LogP contribution in [0.2, 0.25) is 5.32 Å². The van der Waals surface area contributed by atoms with E-state index in [9.17, 15) is 0 Å². The van der Waals surface area contributed by atoms with Crippen molar-refractivity contribution in [2.24, 2.45) is 5.92 Å². The summed E-state index contributed by atoms with van der Waals surface area (Å²) in [6.45, 7) is 7.44. The van der Waals surface area contributed by atoms with Crippen molar-refractivity contribution in [2.75, 3.05) is 6.61 Å². The van der Waals surface area contributed by atoms with Gasteiger partial charge in [0.2, 0.25) is 0 Å². The molecule has 0 aliphatic carbocycles. The third kappa shape index (κ3) is 6.60. The quantitative estimate of drug-likeness (QED) is 0.444. The first-order valence-corrected chi connectivity index (χ1v) is 11.5. The average Bonchev–Trinajstić information content (AvgIpc) is 2.73. The molecule has 1 heterocycles. The molecule has 0 aromatic heterocycles. The number of hydrogen-bond donors (Lipinski definition) is 0. The van der Waals surface area contributed by atoms with Crippen molar-refractivity contribution in [3.05, 3.63) is 78.9 Å². The zero-order chi connectivity index (χ0) is 18.9. The van der Waals surface area contributed by atoms with Crippen molar-refractivity contribution < 1.29 is 14.2 Å². The van der Waals surface area contributed by atoms with E-state index >= 15 is 0 Å². The van der Waals surface area contributed by atoms with E-state index < -0.39 is 0 Å². The van der Waals surface area contributed by atoms with Gasteiger partial charge in [-0.15, -0.1) is 0 Å². The summed E-state index contributed by atoms with van der Waals surface area (Å²) in [6, 6.07) is 20.8. The first kappa shape index (κ1) is 20.3. The number of ether oxygens (including phenoxy) is 3. The molecule has 3 rings (SSSR count). The van der Waals surface area contributed by atoms with Gasteiger partial charge in [0, 0.05) is 0 Å². The zero-order valence-electron chi connectivity index (χ0n) is 15.8. The summed E-state index contributed by atoms with van der Waals surface area (Å²) < 4.78 is 19.6. The number of hydrogen-bond acceptors (Lipinski definition) is 3. The van der Waals surface area contributed by atoms with E-state index in [1.807, 2.05) is 30.3 Å². The monoisotopic (exact) mass is 432 g/mol. The van der Waals surface area contributed by atoms with Crippen LogP contribution >= 0.6 is 0 Å². The first-order chi connectivity index (χ1) is 13.2. The van der Waals surface area contributed by atoms with Gasteiger partial charge in [0.25, 0.3) is 0 Å². The Balaban J connectivity index is 1.48. The Morgan fingerprint density at radius 2 is 1.81 bits per heavy atom. The summed E-state index contributed by atoms with van der Waals surface area (Å²) in [7, 11) is 0. The van der Waals surface area contributed by atoms with Gasteiger partial charge in [-0.05, 0) is 0 Å². The van der Waals surface area contributed by atoms with Crippen LogP contribution in [0.4, 0.5) is 0 Å². The molecule has 1 unspecified atom stereocenters. The molecule has 4 heteroatoms. The molecule has 144 valence electrons. The first-order valence-electron chi connectivity index (χ1n) is 9.47. The molecular formula is C23H28O3Se. The Bertz CT molecular complexity index is 677. The summed E-state index contributed by atoms with van der Waals surface area (Å²) in [5.74, 6) is 0.312.